The van der Waals surface area contributed by atoms with E-state index in [2.05, 4.69) is 78.9 Å². The molecule has 0 radical (unpaired) electrons. The Morgan fingerprint density at radius 3 is 2.27 bits per heavy atom. The summed E-state index contributed by atoms with van der Waals surface area (Å²) in [6.07, 6.45) is 0. The Morgan fingerprint density at radius 1 is 0.867 bits per heavy atom. The first kappa shape index (κ1) is 10.7. The van der Waals surface area contributed by atoms with Gasteiger partial charge >= 0.3 is 0 Å². The van der Waals surface area contributed by atoms with Crippen LogP contribution < -0.4 is 0 Å². The minimum Gasteiger partial charge on any atom is -0.0614 e. The third-order valence-electron chi connectivity index (χ3n) is 2.45. The van der Waals surface area contributed by atoms with Crippen LogP contribution in [0.5, 0.6) is 0 Å². The molecule has 0 aliphatic carbocycles. The van der Waals surface area contributed by atoms with E-state index in [1.54, 1.807) is 0 Å². The number of rotatable bonds is 1. The van der Waals surface area contributed by atoms with Crippen molar-refractivity contribution >= 4 is 22.6 Å². The van der Waals surface area contributed by atoms with Gasteiger partial charge in [0.1, 0.15) is 0 Å². The summed E-state index contributed by atoms with van der Waals surface area (Å²) in [6.45, 7) is 4.26. The van der Waals surface area contributed by atoms with E-state index in [9.17, 15) is 0 Å². The Morgan fingerprint density at radius 2 is 1.60 bits per heavy atom. The molecule has 0 spiro atoms. The van der Waals surface area contributed by atoms with Crippen LogP contribution in [0, 0.1) is 17.4 Å². The van der Waals surface area contributed by atoms with Gasteiger partial charge in [0.2, 0.25) is 0 Å². The van der Waals surface area contributed by atoms with Gasteiger partial charge in [0.25, 0.3) is 0 Å². The first-order chi connectivity index (χ1) is 7.16. The smallest absolute Gasteiger partial charge is 0.0211 e. The van der Waals surface area contributed by atoms with E-state index < -0.39 is 0 Å². The molecule has 2 rings (SSSR count). The van der Waals surface area contributed by atoms with Crippen molar-refractivity contribution in [2.75, 3.05) is 0 Å². The second kappa shape index (κ2) is 4.35. The van der Waals surface area contributed by atoms with Crippen LogP contribution in [0.4, 0.5) is 0 Å². The topological polar surface area (TPSA) is 0 Å². The summed E-state index contributed by atoms with van der Waals surface area (Å²) in [4.78, 5) is 0. The van der Waals surface area contributed by atoms with Gasteiger partial charge in [-0.3, -0.25) is 0 Å². The molecule has 0 unspecified atom stereocenters. The summed E-state index contributed by atoms with van der Waals surface area (Å²) in [6, 6.07) is 15.2. The molecule has 0 N–H and O–H groups in total. The largest absolute Gasteiger partial charge is 0.0614 e. The van der Waals surface area contributed by atoms with Gasteiger partial charge in [-0.15, -0.1) is 0 Å². The van der Waals surface area contributed by atoms with E-state index in [0.717, 1.165) is 0 Å². The highest BCUT2D eigenvalue weighted by Crippen LogP contribution is 2.26. The third-order valence-corrected chi connectivity index (χ3v) is 3.35. The Bertz CT molecular complexity index is 486. The van der Waals surface area contributed by atoms with Crippen LogP contribution in [-0.2, 0) is 0 Å². The van der Waals surface area contributed by atoms with Crippen LogP contribution in [0.25, 0.3) is 11.1 Å². The van der Waals surface area contributed by atoms with Crippen LogP contribution in [0.2, 0.25) is 0 Å². The summed E-state index contributed by atoms with van der Waals surface area (Å²) in [5, 5.41) is 0. The second-order valence-corrected chi connectivity index (χ2v) is 5.01. The minimum absolute atomic E-state index is 1.31. The molecule has 0 aromatic heterocycles. The van der Waals surface area contributed by atoms with Crippen molar-refractivity contribution in [2.24, 2.45) is 0 Å². The van der Waals surface area contributed by atoms with Crippen molar-refractivity contribution in [3.8, 4) is 11.1 Å². The Kier molecular flexibility index (Phi) is 3.10. The van der Waals surface area contributed by atoms with Crippen LogP contribution in [0.15, 0.2) is 42.5 Å². The fourth-order valence-corrected chi connectivity index (χ4v) is 2.65. The molecule has 0 heterocycles. The fourth-order valence-electron chi connectivity index (χ4n) is 1.67. The zero-order chi connectivity index (χ0) is 10.8. The number of hydrogen-bond donors (Lipinski definition) is 0. The number of halogens is 1. The molecule has 15 heavy (non-hydrogen) atoms. The highest BCUT2D eigenvalue weighted by Gasteiger charge is 2.02. The van der Waals surface area contributed by atoms with E-state index in [1.807, 2.05) is 0 Å². The Labute approximate surface area is 104 Å². The van der Waals surface area contributed by atoms with Crippen molar-refractivity contribution in [2.45, 2.75) is 13.8 Å². The van der Waals surface area contributed by atoms with Crippen LogP contribution in [-0.4, -0.2) is 0 Å². The quantitative estimate of drug-likeness (QED) is 0.677. The van der Waals surface area contributed by atoms with Gasteiger partial charge in [0.05, 0.1) is 0 Å². The zero-order valence-corrected chi connectivity index (χ0v) is 11.1. The van der Waals surface area contributed by atoms with Crippen molar-refractivity contribution in [1.29, 1.82) is 0 Å². The van der Waals surface area contributed by atoms with E-state index in [4.69, 9.17) is 0 Å². The standard InChI is InChI=1S/C14H13I/c1-10-4-3-5-12(8-10)13-7-6-11(2)9-14(13)15/h3-9H,1-2H3. The van der Waals surface area contributed by atoms with Crippen LogP contribution >= 0.6 is 22.6 Å². The van der Waals surface area contributed by atoms with Crippen LogP contribution in [0.3, 0.4) is 0 Å². The fraction of sp³-hybridized carbons (Fsp3) is 0.143. The maximum atomic E-state index is 2.40. The van der Waals surface area contributed by atoms with Gasteiger partial charge in [-0.2, -0.15) is 0 Å². The van der Waals surface area contributed by atoms with Crippen LogP contribution in [0.1, 0.15) is 11.1 Å². The average molecular weight is 308 g/mol. The SMILES string of the molecule is Cc1cccc(-c2ccc(C)cc2I)c1. The predicted octanol–water partition coefficient (Wildman–Crippen LogP) is 4.58. The normalized spacial score (nSPS) is 10.3. The molecule has 76 valence electrons. The molecule has 0 fully saturated rings. The highest BCUT2D eigenvalue weighted by atomic mass is 127. The molecule has 0 amide bonds. The molecule has 0 aliphatic rings. The summed E-state index contributed by atoms with van der Waals surface area (Å²) >= 11 is 2.40. The molecule has 0 aliphatic heterocycles. The predicted molar refractivity (Wildman–Crippen MR) is 74.1 cm³/mol. The van der Waals surface area contributed by atoms with Gasteiger partial charge in [-0.05, 0) is 53.6 Å². The molecule has 1 heteroatoms. The van der Waals surface area contributed by atoms with E-state index >= 15 is 0 Å². The van der Waals surface area contributed by atoms with E-state index in [1.165, 1.54) is 25.8 Å². The molecular formula is C14H13I. The molecule has 0 saturated heterocycles. The first-order valence-electron chi connectivity index (χ1n) is 5.00. The molecule has 0 bridgehead atoms. The lowest BCUT2D eigenvalue weighted by molar-refractivity contribution is 1.42. The molecule has 2 aromatic carbocycles. The van der Waals surface area contributed by atoms with Crippen molar-refractivity contribution in [3.05, 3.63) is 57.2 Å². The van der Waals surface area contributed by atoms with Gasteiger partial charge in [0, 0.05) is 3.57 Å². The third kappa shape index (κ3) is 2.40. The lowest BCUT2D eigenvalue weighted by atomic mass is 10.0. The summed E-state index contributed by atoms with van der Waals surface area (Å²) in [7, 11) is 0. The summed E-state index contributed by atoms with van der Waals surface area (Å²) in [5.41, 5.74) is 5.25. The summed E-state index contributed by atoms with van der Waals surface area (Å²) in [5.74, 6) is 0. The minimum atomic E-state index is 1.31. The molecular weight excluding hydrogens is 295 g/mol. The van der Waals surface area contributed by atoms with E-state index in [-0.39, 0.29) is 0 Å². The maximum Gasteiger partial charge on any atom is 0.0211 e. The van der Waals surface area contributed by atoms with Gasteiger partial charge in [-0.1, -0.05) is 47.5 Å². The number of aryl methyl sites for hydroxylation is 2. The highest BCUT2D eigenvalue weighted by molar-refractivity contribution is 14.1. The zero-order valence-electron chi connectivity index (χ0n) is 8.92. The van der Waals surface area contributed by atoms with Gasteiger partial charge in [0.15, 0.2) is 0 Å². The number of hydrogen-bond acceptors (Lipinski definition) is 0. The maximum absolute atomic E-state index is 2.40. The lowest BCUT2D eigenvalue weighted by Gasteiger charge is -2.06. The Hall–Kier alpha value is -0.830. The second-order valence-electron chi connectivity index (χ2n) is 3.85. The first-order valence-corrected chi connectivity index (χ1v) is 6.08. The Balaban J connectivity index is 2.54. The lowest BCUT2D eigenvalue weighted by Crippen LogP contribution is -1.84. The summed E-state index contributed by atoms with van der Waals surface area (Å²) < 4.78 is 1.32. The van der Waals surface area contributed by atoms with Crippen molar-refractivity contribution < 1.29 is 0 Å². The number of benzene rings is 2. The monoisotopic (exact) mass is 308 g/mol. The van der Waals surface area contributed by atoms with Gasteiger partial charge in [-0.25, -0.2) is 0 Å². The van der Waals surface area contributed by atoms with Crippen molar-refractivity contribution in [1.82, 2.24) is 0 Å². The molecule has 0 atom stereocenters. The van der Waals surface area contributed by atoms with E-state index in [0.29, 0.717) is 0 Å². The average Bonchev–Trinajstić information content (AvgIpc) is 2.17. The van der Waals surface area contributed by atoms with Gasteiger partial charge < -0.3 is 0 Å². The van der Waals surface area contributed by atoms with Crippen molar-refractivity contribution in [3.63, 3.8) is 0 Å². The molecule has 0 saturated carbocycles. The molecule has 2 aromatic rings. The molecule has 0 nitrogen and oxygen atoms in total.